The summed E-state index contributed by atoms with van der Waals surface area (Å²) in [6.45, 7) is 12.6. The molecule has 1 heterocycles. The zero-order valence-electron chi connectivity index (χ0n) is 11.0. The number of ether oxygens (including phenoxy) is 1. The minimum absolute atomic E-state index is 0. The Kier molecular flexibility index (Phi) is 6.87. The van der Waals surface area contributed by atoms with Crippen LogP contribution >= 0.6 is 12.4 Å². The third kappa shape index (κ3) is 6.69. The van der Waals surface area contributed by atoms with Gasteiger partial charge in [0.2, 0.25) is 0 Å². The van der Waals surface area contributed by atoms with E-state index in [1.54, 1.807) is 0 Å². The molecule has 1 atom stereocenters. The minimum Gasteiger partial charge on any atom is -0.377 e. The maximum Gasteiger partial charge on any atom is 0.0714 e. The van der Waals surface area contributed by atoms with Crippen LogP contribution in [0.2, 0.25) is 0 Å². The number of nitrogens with two attached hydrogens (primary N) is 1. The highest BCUT2D eigenvalue weighted by atomic mass is 35.5. The normalized spacial score (nSPS) is 22.5. The van der Waals surface area contributed by atoms with Crippen LogP contribution in [0, 0.1) is 5.92 Å². The van der Waals surface area contributed by atoms with Crippen molar-refractivity contribution in [3.8, 4) is 0 Å². The molecule has 1 aliphatic rings. The van der Waals surface area contributed by atoms with Crippen LogP contribution in [0.4, 0.5) is 0 Å². The van der Waals surface area contributed by atoms with Crippen molar-refractivity contribution in [2.75, 3.05) is 26.2 Å². The summed E-state index contributed by atoms with van der Waals surface area (Å²) < 4.78 is 5.83. The summed E-state index contributed by atoms with van der Waals surface area (Å²) in [4.78, 5) is 2.41. The third-order valence-corrected chi connectivity index (χ3v) is 2.53. The van der Waals surface area contributed by atoms with E-state index in [4.69, 9.17) is 10.5 Å². The van der Waals surface area contributed by atoms with E-state index in [0.717, 1.165) is 32.7 Å². The van der Waals surface area contributed by atoms with Crippen molar-refractivity contribution in [3.05, 3.63) is 0 Å². The van der Waals surface area contributed by atoms with E-state index < -0.39 is 0 Å². The molecule has 0 bridgehead atoms. The van der Waals surface area contributed by atoms with E-state index >= 15 is 0 Å². The smallest absolute Gasteiger partial charge is 0.0714 e. The van der Waals surface area contributed by atoms with Gasteiger partial charge in [-0.05, 0) is 26.2 Å². The molecule has 0 aromatic rings. The molecular formula is C12H27ClN2O. The molecule has 1 fully saturated rings. The van der Waals surface area contributed by atoms with Crippen molar-refractivity contribution in [2.45, 2.75) is 45.8 Å². The Hall–Kier alpha value is 0.170. The highest BCUT2D eigenvalue weighted by Crippen LogP contribution is 2.15. The molecule has 16 heavy (non-hydrogen) atoms. The summed E-state index contributed by atoms with van der Waals surface area (Å²) in [5, 5.41) is 0. The predicted molar refractivity (Wildman–Crippen MR) is 71.1 cm³/mol. The lowest BCUT2D eigenvalue weighted by Crippen LogP contribution is -2.44. The molecule has 1 aliphatic heterocycles. The number of hydrogen-bond donors (Lipinski definition) is 1. The Morgan fingerprint density at radius 2 is 2.06 bits per heavy atom. The second-order valence-corrected chi connectivity index (χ2v) is 5.86. The van der Waals surface area contributed by atoms with Crippen molar-refractivity contribution >= 4 is 12.4 Å². The first-order chi connectivity index (χ1) is 6.87. The largest absolute Gasteiger partial charge is 0.377 e. The number of likely N-dealkylation sites (tertiary alicyclic amines) is 1. The first kappa shape index (κ1) is 16.2. The van der Waals surface area contributed by atoms with Gasteiger partial charge in [-0.3, -0.25) is 4.90 Å². The molecule has 4 heteroatoms. The van der Waals surface area contributed by atoms with Crippen LogP contribution in [0.1, 0.15) is 34.1 Å². The first-order valence-electron chi connectivity index (χ1n) is 5.99. The summed E-state index contributed by atoms with van der Waals surface area (Å²) in [6, 6.07) is 0. The molecule has 3 nitrogen and oxygen atoms in total. The quantitative estimate of drug-likeness (QED) is 0.810. The summed E-state index contributed by atoms with van der Waals surface area (Å²) >= 11 is 0. The van der Waals surface area contributed by atoms with E-state index in [1.807, 2.05) is 0 Å². The summed E-state index contributed by atoms with van der Waals surface area (Å²) in [7, 11) is 0. The number of rotatable bonds is 5. The van der Waals surface area contributed by atoms with Gasteiger partial charge in [-0.1, -0.05) is 13.8 Å². The van der Waals surface area contributed by atoms with E-state index in [0.29, 0.717) is 12.0 Å². The lowest BCUT2D eigenvalue weighted by molar-refractivity contribution is 0.0407. The molecule has 0 aliphatic carbocycles. The lowest BCUT2D eigenvalue weighted by atomic mass is 10.1. The van der Waals surface area contributed by atoms with Crippen molar-refractivity contribution in [2.24, 2.45) is 11.7 Å². The second kappa shape index (κ2) is 6.80. The average Bonchev–Trinajstić information content (AvgIpc) is 2.45. The highest BCUT2D eigenvalue weighted by Gasteiger charge is 2.26. The van der Waals surface area contributed by atoms with Gasteiger partial charge in [0, 0.05) is 31.8 Å². The molecular weight excluding hydrogens is 224 g/mol. The van der Waals surface area contributed by atoms with Gasteiger partial charge in [-0.2, -0.15) is 0 Å². The SMILES string of the molecule is CC(C)COC1CCN(CC(C)(C)N)C1.Cl. The lowest BCUT2D eigenvalue weighted by Gasteiger charge is -2.26. The Morgan fingerprint density at radius 1 is 1.44 bits per heavy atom. The van der Waals surface area contributed by atoms with Crippen LogP contribution in [-0.2, 0) is 4.74 Å². The molecule has 0 amide bonds. The minimum atomic E-state index is -0.0903. The fraction of sp³-hybridized carbons (Fsp3) is 1.00. The van der Waals surface area contributed by atoms with Crippen LogP contribution in [0.25, 0.3) is 0 Å². The summed E-state index contributed by atoms with van der Waals surface area (Å²) in [5.74, 6) is 0.630. The Labute approximate surface area is 106 Å². The number of halogens is 1. The van der Waals surface area contributed by atoms with Gasteiger partial charge in [0.05, 0.1) is 6.10 Å². The fourth-order valence-electron chi connectivity index (χ4n) is 1.98. The van der Waals surface area contributed by atoms with Crippen LogP contribution in [0.15, 0.2) is 0 Å². The zero-order chi connectivity index (χ0) is 11.5. The Balaban J connectivity index is 0.00000225. The van der Waals surface area contributed by atoms with Gasteiger partial charge in [0.25, 0.3) is 0 Å². The van der Waals surface area contributed by atoms with Gasteiger partial charge in [-0.25, -0.2) is 0 Å². The van der Waals surface area contributed by atoms with E-state index in [9.17, 15) is 0 Å². The summed E-state index contributed by atoms with van der Waals surface area (Å²) in [6.07, 6.45) is 1.58. The van der Waals surface area contributed by atoms with Crippen molar-refractivity contribution in [3.63, 3.8) is 0 Å². The van der Waals surface area contributed by atoms with Crippen molar-refractivity contribution in [1.82, 2.24) is 4.90 Å². The Bertz CT molecular complexity index is 192. The van der Waals surface area contributed by atoms with Gasteiger partial charge >= 0.3 is 0 Å². The average molecular weight is 251 g/mol. The van der Waals surface area contributed by atoms with Crippen molar-refractivity contribution < 1.29 is 4.74 Å². The molecule has 1 saturated heterocycles. The maximum absolute atomic E-state index is 6.00. The molecule has 0 spiro atoms. The van der Waals surface area contributed by atoms with Crippen LogP contribution in [0.5, 0.6) is 0 Å². The highest BCUT2D eigenvalue weighted by molar-refractivity contribution is 5.85. The zero-order valence-corrected chi connectivity index (χ0v) is 11.8. The molecule has 1 unspecified atom stereocenters. The van der Waals surface area contributed by atoms with Crippen molar-refractivity contribution in [1.29, 1.82) is 0 Å². The monoisotopic (exact) mass is 250 g/mol. The Morgan fingerprint density at radius 3 is 2.56 bits per heavy atom. The van der Waals surface area contributed by atoms with Gasteiger partial charge in [0.1, 0.15) is 0 Å². The molecule has 0 aromatic carbocycles. The molecule has 98 valence electrons. The number of hydrogen-bond acceptors (Lipinski definition) is 3. The van der Waals surface area contributed by atoms with Gasteiger partial charge in [-0.15, -0.1) is 12.4 Å². The van der Waals surface area contributed by atoms with Crippen LogP contribution in [0.3, 0.4) is 0 Å². The molecule has 0 aromatic heterocycles. The topological polar surface area (TPSA) is 38.5 Å². The second-order valence-electron chi connectivity index (χ2n) is 5.86. The molecule has 2 N–H and O–H groups in total. The van der Waals surface area contributed by atoms with E-state index in [2.05, 4.69) is 32.6 Å². The maximum atomic E-state index is 6.00. The third-order valence-electron chi connectivity index (χ3n) is 2.53. The van der Waals surface area contributed by atoms with E-state index in [-0.39, 0.29) is 17.9 Å². The number of nitrogens with zero attached hydrogens (tertiary/aromatic N) is 1. The first-order valence-corrected chi connectivity index (χ1v) is 5.99. The van der Waals surface area contributed by atoms with Crippen LogP contribution in [-0.4, -0.2) is 42.8 Å². The molecule has 0 radical (unpaired) electrons. The summed E-state index contributed by atoms with van der Waals surface area (Å²) in [5.41, 5.74) is 5.91. The standard InChI is InChI=1S/C12H26N2O.ClH/c1-10(2)8-15-11-5-6-14(7-11)9-12(3,4)13;/h10-11H,5-9,13H2,1-4H3;1H. The predicted octanol–water partition coefficient (Wildman–Crippen LogP) is 1.89. The molecule has 1 rings (SSSR count). The van der Waals surface area contributed by atoms with E-state index in [1.165, 1.54) is 0 Å². The van der Waals surface area contributed by atoms with Gasteiger partial charge < -0.3 is 10.5 Å². The molecule has 0 saturated carbocycles. The fourth-order valence-corrected chi connectivity index (χ4v) is 1.98. The van der Waals surface area contributed by atoms with Crippen LogP contribution < -0.4 is 5.73 Å². The van der Waals surface area contributed by atoms with Gasteiger partial charge in [0.15, 0.2) is 0 Å².